The molecule has 110 valence electrons. The zero-order valence-corrected chi connectivity index (χ0v) is 14.5. The molecule has 0 spiro atoms. The lowest BCUT2D eigenvalue weighted by Gasteiger charge is -2.07. The Kier molecular flexibility index (Phi) is 5.88. The summed E-state index contributed by atoms with van der Waals surface area (Å²) in [6.07, 6.45) is 0.392. The smallest absolute Gasteiger partial charge is 0.228 e. The molecule has 0 fully saturated rings. The largest absolute Gasteiger partial charge is 0.326 e. The number of hydrogen-bond acceptors (Lipinski definition) is 2. The maximum absolute atomic E-state index is 12.0. The predicted octanol–water partition coefficient (Wildman–Crippen LogP) is 5.13. The van der Waals surface area contributed by atoms with Gasteiger partial charge in [-0.2, -0.15) is 0 Å². The fraction of sp³-hybridized carbons (Fsp3) is 0.235. The summed E-state index contributed by atoms with van der Waals surface area (Å²) in [6, 6.07) is 15.8. The Hall–Kier alpha value is -1.26. The monoisotopic (exact) mass is 363 g/mol. The molecule has 0 saturated heterocycles. The molecule has 0 heterocycles. The summed E-state index contributed by atoms with van der Waals surface area (Å²) >= 11 is 5.20. The quantitative estimate of drug-likeness (QED) is 0.745. The number of carbonyl (C=O) groups excluding carboxylic acids is 1. The number of hydrogen-bond donors (Lipinski definition) is 1. The van der Waals surface area contributed by atoms with E-state index in [1.165, 1.54) is 4.90 Å². The Balaban J connectivity index is 1.91. The molecule has 0 radical (unpaired) electrons. The second-order valence-electron chi connectivity index (χ2n) is 5.04. The molecule has 21 heavy (non-hydrogen) atoms. The van der Waals surface area contributed by atoms with Crippen LogP contribution >= 0.6 is 27.7 Å². The molecule has 2 aromatic rings. The standard InChI is InChI=1S/C17H18BrNOS/c1-12(2)21-16-9-3-13(4-10-16)11-17(20)19-15-7-5-14(18)6-8-15/h3-10,12H,11H2,1-2H3,(H,19,20). The van der Waals surface area contributed by atoms with Crippen LogP contribution in [0.4, 0.5) is 5.69 Å². The molecule has 2 rings (SSSR count). The minimum Gasteiger partial charge on any atom is -0.326 e. The van der Waals surface area contributed by atoms with E-state index in [4.69, 9.17) is 0 Å². The fourth-order valence-corrected chi connectivity index (χ4v) is 2.98. The van der Waals surface area contributed by atoms with Crippen LogP contribution in [0.25, 0.3) is 0 Å². The van der Waals surface area contributed by atoms with Crippen LogP contribution in [-0.4, -0.2) is 11.2 Å². The van der Waals surface area contributed by atoms with Crippen molar-refractivity contribution in [3.63, 3.8) is 0 Å². The average Bonchev–Trinajstić information content (AvgIpc) is 2.43. The first kappa shape index (κ1) is 16.1. The molecular formula is C17H18BrNOS. The minimum absolute atomic E-state index is 0.00147. The van der Waals surface area contributed by atoms with E-state index in [2.05, 4.69) is 47.2 Å². The van der Waals surface area contributed by atoms with E-state index in [9.17, 15) is 4.79 Å². The van der Waals surface area contributed by atoms with E-state index < -0.39 is 0 Å². The van der Waals surface area contributed by atoms with Gasteiger partial charge in [-0.15, -0.1) is 11.8 Å². The van der Waals surface area contributed by atoms with E-state index in [0.29, 0.717) is 11.7 Å². The van der Waals surface area contributed by atoms with Crippen molar-refractivity contribution in [3.8, 4) is 0 Å². The van der Waals surface area contributed by atoms with Gasteiger partial charge < -0.3 is 5.32 Å². The van der Waals surface area contributed by atoms with Crippen molar-refractivity contribution in [1.82, 2.24) is 0 Å². The summed E-state index contributed by atoms with van der Waals surface area (Å²) in [6.45, 7) is 4.34. The number of carbonyl (C=O) groups is 1. The number of benzene rings is 2. The number of thioether (sulfide) groups is 1. The van der Waals surface area contributed by atoms with Gasteiger partial charge in [-0.05, 0) is 42.0 Å². The number of nitrogens with one attached hydrogen (secondary N) is 1. The zero-order chi connectivity index (χ0) is 15.2. The number of rotatable bonds is 5. The molecule has 0 saturated carbocycles. The highest BCUT2D eigenvalue weighted by atomic mass is 79.9. The topological polar surface area (TPSA) is 29.1 Å². The lowest BCUT2D eigenvalue weighted by Crippen LogP contribution is -2.14. The van der Waals surface area contributed by atoms with Gasteiger partial charge >= 0.3 is 0 Å². The van der Waals surface area contributed by atoms with Gasteiger partial charge in [0.1, 0.15) is 0 Å². The SMILES string of the molecule is CC(C)Sc1ccc(CC(=O)Nc2ccc(Br)cc2)cc1. The normalized spacial score (nSPS) is 10.7. The Morgan fingerprint density at radius 3 is 2.29 bits per heavy atom. The molecule has 0 aromatic heterocycles. The van der Waals surface area contributed by atoms with Gasteiger partial charge in [-0.1, -0.05) is 41.9 Å². The van der Waals surface area contributed by atoms with E-state index >= 15 is 0 Å². The lowest BCUT2D eigenvalue weighted by atomic mass is 10.1. The van der Waals surface area contributed by atoms with Crippen molar-refractivity contribution in [2.75, 3.05) is 5.32 Å². The summed E-state index contributed by atoms with van der Waals surface area (Å²) in [5.41, 5.74) is 1.84. The molecule has 0 aliphatic rings. The van der Waals surface area contributed by atoms with Gasteiger partial charge in [-0.3, -0.25) is 4.79 Å². The first-order chi connectivity index (χ1) is 10.0. The Labute approximate surface area is 138 Å². The second kappa shape index (κ2) is 7.66. The van der Waals surface area contributed by atoms with Crippen LogP contribution in [0.5, 0.6) is 0 Å². The van der Waals surface area contributed by atoms with Gasteiger partial charge in [0.2, 0.25) is 5.91 Å². The summed E-state index contributed by atoms with van der Waals surface area (Å²) in [7, 11) is 0. The number of anilines is 1. The highest BCUT2D eigenvalue weighted by Crippen LogP contribution is 2.23. The molecule has 0 aliphatic carbocycles. The first-order valence-corrected chi connectivity index (χ1v) is 8.51. The van der Waals surface area contributed by atoms with Crippen molar-refractivity contribution in [1.29, 1.82) is 0 Å². The van der Waals surface area contributed by atoms with E-state index in [1.807, 2.05) is 48.2 Å². The van der Waals surface area contributed by atoms with Crippen LogP contribution in [0.2, 0.25) is 0 Å². The van der Waals surface area contributed by atoms with Crippen molar-refractivity contribution >= 4 is 39.3 Å². The fourth-order valence-electron chi connectivity index (χ4n) is 1.88. The second-order valence-corrected chi connectivity index (χ2v) is 7.61. The van der Waals surface area contributed by atoms with Crippen LogP contribution in [-0.2, 0) is 11.2 Å². The van der Waals surface area contributed by atoms with E-state index in [0.717, 1.165) is 15.7 Å². The van der Waals surface area contributed by atoms with Gasteiger partial charge in [0.05, 0.1) is 6.42 Å². The van der Waals surface area contributed by atoms with Gasteiger partial charge in [0.15, 0.2) is 0 Å². The maximum atomic E-state index is 12.0. The van der Waals surface area contributed by atoms with Crippen molar-refractivity contribution in [2.45, 2.75) is 30.4 Å². The molecule has 1 N–H and O–H groups in total. The van der Waals surface area contributed by atoms with E-state index in [1.54, 1.807) is 0 Å². The summed E-state index contributed by atoms with van der Waals surface area (Å²) in [5, 5.41) is 3.47. The molecule has 2 aromatic carbocycles. The molecule has 1 amide bonds. The van der Waals surface area contributed by atoms with Gasteiger partial charge in [-0.25, -0.2) is 0 Å². The molecule has 0 aliphatic heterocycles. The number of halogens is 1. The summed E-state index contributed by atoms with van der Waals surface area (Å²) < 4.78 is 0.999. The van der Waals surface area contributed by atoms with Crippen molar-refractivity contribution in [2.24, 2.45) is 0 Å². The van der Waals surface area contributed by atoms with Crippen LogP contribution in [0.1, 0.15) is 19.4 Å². The van der Waals surface area contributed by atoms with Crippen molar-refractivity contribution in [3.05, 3.63) is 58.6 Å². The molecule has 2 nitrogen and oxygen atoms in total. The predicted molar refractivity (Wildman–Crippen MR) is 93.9 cm³/mol. The third kappa shape index (κ3) is 5.56. The summed E-state index contributed by atoms with van der Waals surface area (Å²) in [4.78, 5) is 13.2. The summed E-state index contributed by atoms with van der Waals surface area (Å²) in [5.74, 6) is 0.00147. The number of amides is 1. The van der Waals surface area contributed by atoms with Crippen molar-refractivity contribution < 1.29 is 4.79 Å². The van der Waals surface area contributed by atoms with Crippen LogP contribution in [0.15, 0.2) is 57.9 Å². The van der Waals surface area contributed by atoms with Crippen LogP contribution in [0.3, 0.4) is 0 Å². The van der Waals surface area contributed by atoms with E-state index in [-0.39, 0.29) is 5.91 Å². The highest BCUT2D eigenvalue weighted by molar-refractivity contribution is 9.10. The molecule has 0 atom stereocenters. The Bertz CT molecular complexity index is 593. The molecular weight excluding hydrogens is 346 g/mol. The average molecular weight is 364 g/mol. The van der Waals surface area contributed by atoms with Crippen LogP contribution in [0, 0.1) is 0 Å². The lowest BCUT2D eigenvalue weighted by molar-refractivity contribution is -0.115. The van der Waals surface area contributed by atoms with Gasteiger partial charge in [0, 0.05) is 20.3 Å². The minimum atomic E-state index is 0.00147. The third-order valence-electron chi connectivity index (χ3n) is 2.79. The third-order valence-corrected chi connectivity index (χ3v) is 4.33. The zero-order valence-electron chi connectivity index (χ0n) is 12.1. The maximum Gasteiger partial charge on any atom is 0.228 e. The van der Waals surface area contributed by atoms with Gasteiger partial charge in [0.25, 0.3) is 0 Å². The van der Waals surface area contributed by atoms with Crippen LogP contribution < -0.4 is 5.32 Å². The first-order valence-electron chi connectivity index (χ1n) is 6.84. The Morgan fingerprint density at radius 1 is 1.10 bits per heavy atom. The molecule has 0 unspecified atom stereocenters. The Morgan fingerprint density at radius 2 is 1.71 bits per heavy atom. The molecule has 4 heteroatoms. The molecule has 0 bridgehead atoms. The highest BCUT2D eigenvalue weighted by Gasteiger charge is 2.05.